The Balaban J connectivity index is 2.34. The van der Waals surface area contributed by atoms with Crippen LogP contribution in [0.2, 0.25) is 0 Å². The molecular weight excluding hydrogens is 387 g/mol. The third-order valence-electron chi connectivity index (χ3n) is 3.76. The summed E-state index contributed by atoms with van der Waals surface area (Å²) in [7, 11) is 3.35. The number of pyridine rings is 1. The molecule has 0 atom stereocenters. The summed E-state index contributed by atoms with van der Waals surface area (Å²) in [5.74, 6) is 0.325. The topological polar surface area (TPSA) is 48.5 Å². The molecule has 0 saturated carbocycles. The molecule has 9 heteroatoms. The molecule has 0 aliphatic heterocycles. The van der Waals surface area contributed by atoms with Crippen molar-refractivity contribution in [2.45, 2.75) is 25.9 Å². The molecule has 3 aromatic heterocycles. The second kappa shape index (κ2) is 5.58. The Morgan fingerprint density at radius 1 is 1.17 bits per heavy atom. The number of aryl methyl sites for hydroxylation is 1. The fourth-order valence-corrected chi connectivity index (χ4v) is 3.70. The van der Waals surface area contributed by atoms with E-state index < -0.39 is 11.9 Å². The molecular formula is C15H15BrF3N5. The van der Waals surface area contributed by atoms with E-state index >= 15 is 0 Å². The number of hydrogen-bond donors (Lipinski definition) is 0. The van der Waals surface area contributed by atoms with Crippen LogP contribution in [0.1, 0.15) is 31.2 Å². The third-order valence-corrected chi connectivity index (χ3v) is 4.34. The number of aromatic nitrogens is 5. The van der Waals surface area contributed by atoms with Gasteiger partial charge < -0.3 is 4.57 Å². The van der Waals surface area contributed by atoms with Gasteiger partial charge in [0.15, 0.2) is 11.3 Å². The maximum Gasteiger partial charge on any atom is 0.434 e. The summed E-state index contributed by atoms with van der Waals surface area (Å²) in [6.07, 6.45) is -2.97. The molecule has 5 nitrogen and oxygen atoms in total. The number of nitrogens with zero attached hydrogens (tertiary/aromatic N) is 5. The van der Waals surface area contributed by atoms with Crippen molar-refractivity contribution < 1.29 is 13.2 Å². The summed E-state index contributed by atoms with van der Waals surface area (Å²) in [5.41, 5.74) is -0.155. The number of rotatable bonds is 2. The van der Waals surface area contributed by atoms with Crippen molar-refractivity contribution in [1.82, 2.24) is 24.3 Å². The van der Waals surface area contributed by atoms with Crippen LogP contribution < -0.4 is 0 Å². The van der Waals surface area contributed by atoms with Gasteiger partial charge in [-0.2, -0.15) is 18.3 Å². The molecule has 0 unspecified atom stereocenters. The van der Waals surface area contributed by atoms with Crippen LogP contribution in [0, 0.1) is 0 Å². The zero-order valence-electron chi connectivity index (χ0n) is 13.5. The lowest BCUT2D eigenvalue weighted by Gasteiger charge is -2.13. The van der Waals surface area contributed by atoms with Crippen LogP contribution in [0.4, 0.5) is 13.2 Å². The minimum atomic E-state index is -4.60. The summed E-state index contributed by atoms with van der Waals surface area (Å²) >= 11 is 3.34. The van der Waals surface area contributed by atoms with E-state index in [4.69, 9.17) is 0 Å². The van der Waals surface area contributed by atoms with Gasteiger partial charge in [-0.25, -0.2) is 9.97 Å². The molecule has 0 saturated heterocycles. The van der Waals surface area contributed by atoms with E-state index in [1.165, 1.54) is 10.7 Å². The van der Waals surface area contributed by atoms with E-state index in [1.807, 2.05) is 13.8 Å². The number of imidazole rings is 1. The first-order valence-electron chi connectivity index (χ1n) is 7.23. The molecule has 24 heavy (non-hydrogen) atoms. The zero-order valence-corrected chi connectivity index (χ0v) is 15.1. The maximum atomic E-state index is 13.5. The van der Waals surface area contributed by atoms with Gasteiger partial charge in [0.2, 0.25) is 0 Å². The maximum absolute atomic E-state index is 13.5. The fraction of sp³-hybridized carbons (Fsp3) is 0.400. The molecule has 0 amide bonds. The van der Waals surface area contributed by atoms with Gasteiger partial charge in [-0.3, -0.25) is 4.68 Å². The lowest BCUT2D eigenvalue weighted by molar-refractivity contribution is -0.140. The summed E-state index contributed by atoms with van der Waals surface area (Å²) < 4.78 is 44.2. The highest BCUT2D eigenvalue weighted by Gasteiger charge is 2.38. The second-order valence-corrected chi connectivity index (χ2v) is 6.67. The first-order chi connectivity index (χ1) is 11.1. The molecule has 0 spiro atoms. The predicted molar refractivity (Wildman–Crippen MR) is 87.5 cm³/mol. The highest BCUT2D eigenvalue weighted by molar-refractivity contribution is 9.10. The highest BCUT2D eigenvalue weighted by atomic mass is 79.9. The quantitative estimate of drug-likeness (QED) is 0.643. The Kier molecular flexibility index (Phi) is 3.94. The van der Waals surface area contributed by atoms with Crippen LogP contribution in [0.5, 0.6) is 0 Å². The number of halogens is 4. The third kappa shape index (κ3) is 2.70. The Morgan fingerprint density at radius 3 is 2.38 bits per heavy atom. The van der Waals surface area contributed by atoms with E-state index in [1.54, 1.807) is 24.9 Å². The molecule has 3 heterocycles. The fourth-order valence-electron chi connectivity index (χ4n) is 2.80. The Hall–Kier alpha value is -1.90. The average Bonchev–Trinajstić information content (AvgIpc) is 2.94. The van der Waals surface area contributed by atoms with Gasteiger partial charge in [0, 0.05) is 31.2 Å². The van der Waals surface area contributed by atoms with Crippen LogP contribution >= 0.6 is 15.9 Å². The summed E-state index contributed by atoms with van der Waals surface area (Å²) in [6.45, 7) is 3.91. The molecule has 0 radical (unpaired) electrons. The van der Waals surface area contributed by atoms with E-state index in [2.05, 4.69) is 31.0 Å². The summed E-state index contributed by atoms with van der Waals surface area (Å²) in [4.78, 5) is 8.04. The minimum absolute atomic E-state index is 0.0573. The monoisotopic (exact) mass is 401 g/mol. The van der Waals surface area contributed by atoms with E-state index in [-0.39, 0.29) is 23.0 Å². The Morgan fingerprint density at radius 2 is 1.83 bits per heavy atom. The molecule has 128 valence electrons. The van der Waals surface area contributed by atoms with Gasteiger partial charge in [-0.05, 0) is 27.9 Å². The summed E-state index contributed by atoms with van der Waals surface area (Å²) in [5, 5.41) is 4.50. The molecule has 3 aromatic rings. The van der Waals surface area contributed by atoms with Crippen LogP contribution in [-0.4, -0.2) is 24.3 Å². The van der Waals surface area contributed by atoms with Crippen molar-refractivity contribution in [3.63, 3.8) is 0 Å². The smallest absolute Gasteiger partial charge is 0.330 e. The van der Waals surface area contributed by atoms with Crippen molar-refractivity contribution in [2.75, 3.05) is 0 Å². The van der Waals surface area contributed by atoms with Gasteiger partial charge in [0.25, 0.3) is 0 Å². The van der Waals surface area contributed by atoms with Gasteiger partial charge in [-0.1, -0.05) is 13.8 Å². The van der Waals surface area contributed by atoms with Crippen molar-refractivity contribution in [3.05, 3.63) is 28.3 Å². The molecule has 0 bridgehead atoms. The normalized spacial score (nSPS) is 12.5. The number of hydrogen-bond acceptors (Lipinski definition) is 3. The van der Waals surface area contributed by atoms with Crippen LogP contribution in [0.3, 0.4) is 0 Å². The molecule has 0 N–H and O–H groups in total. The minimum Gasteiger partial charge on any atom is -0.330 e. The van der Waals surface area contributed by atoms with E-state index in [9.17, 15) is 13.2 Å². The van der Waals surface area contributed by atoms with Gasteiger partial charge >= 0.3 is 6.18 Å². The molecule has 0 fully saturated rings. The molecule has 0 aliphatic rings. The first kappa shape index (κ1) is 16.9. The highest BCUT2D eigenvalue weighted by Crippen LogP contribution is 2.38. The lowest BCUT2D eigenvalue weighted by Crippen LogP contribution is -2.12. The lowest BCUT2D eigenvalue weighted by atomic mass is 10.1. The predicted octanol–water partition coefficient (Wildman–Crippen LogP) is 4.27. The molecule has 0 aliphatic carbocycles. The zero-order chi connectivity index (χ0) is 17.8. The average molecular weight is 402 g/mol. The van der Waals surface area contributed by atoms with Crippen LogP contribution in [0.15, 0.2) is 16.9 Å². The Bertz CT molecular complexity index is 923. The first-order valence-corrected chi connectivity index (χ1v) is 8.03. The molecule has 3 rings (SSSR count). The van der Waals surface area contributed by atoms with Gasteiger partial charge in [0.1, 0.15) is 10.4 Å². The van der Waals surface area contributed by atoms with Gasteiger partial charge in [0.05, 0.1) is 5.69 Å². The van der Waals surface area contributed by atoms with E-state index in [0.29, 0.717) is 9.99 Å². The number of fused-ring (bicyclic) bond motifs is 1. The van der Waals surface area contributed by atoms with Crippen LogP contribution in [0.25, 0.3) is 22.4 Å². The van der Waals surface area contributed by atoms with Crippen molar-refractivity contribution in [1.29, 1.82) is 0 Å². The SMILES string of the molecule is CC(C)c1c(Br)nc(-c2cc3cn(C)nc3nc2C(F)(F)F)n1C. The second-order valence-electron chi connectivity index (χ2n) is 5.92. The van der Waals surface area contributed by atoms with Crippen molar-refractivity contribution in [2.24, 2.45) is 14.1 Å². The summed E-state index contributed by atoms with van der Waals surface area (Å²) in [6, 6.07) is 1.44. The number of alkyl halides is 3. The van der Waals surface area contributed by atoms with Crippen LogP contribution in [-0.2, 0) is 20.3 Å². The van der Waals surface area contributed by atoms with E-state index in [0.717, 1.165) is 5.69 Å². The van der Waals surface area contributed by atoms with Crippen molar-refractivity contribution >= 4 is 27.0 Å². The Labute approximate surface area is 144 Å². The van der Waals surface area contributed by atoms with Crippen molar-refractivity contribution in [3.8, 4) is 11.4 Å². The largest absolute Gasteiger partial charge is 0.434 e. The van der Waals surface area contributed by atoms with Gasteiger partial charge in [-0.15, -0.1) is 0 Å². The standard InChI is InChI=1S/C15H15BrF3N5/c1-7(2)10-12(16)21-14(24(10)4)9-5-8-6-23(3)22-13(8)20-11(9)15(17,18)19/h5-7H,1-4H3. The molecule has 0 aromatic carbocycles.